The summed E-state index contributed by atoms with van der Waals surface area (Å²) in [5, 5.41) is 46.7. The van der Waals surface area contributed by atoms with Gasteiger partial charge in [0.05, 0.1) is 0 Å². The summed E-state index contributed by atoms with van der Waals surface area (Å²) in [5.74, 6) is -6.31. The molecule has 5 rings (SSSR count). The van der Waals surface area contributed by atoms with Crippen molar-refractivity contribution in [2.45, 2.75) is 23.9 Å². The Morgan fingerprint density at radius 2 is 1.85 bits per heavy atom. The standard InChI is InChI=1S/C26H23N9O9S3/c1-8-17(27)31-19(32-18(8)28)10-5-46-24-26(7-45,23(43)35(24)15(10)21(39)40)33-20(38)14(11-6-47-25(29)30-11)34-44-16(22(41)42)9-2-3-12(36)13(37)4-9/h2-4,6-7,16,24,36-37H,5H2,1H3,(H2,29,30)(H,33,38)(H,39,40)(H,41,42)(H4,27,28,31,32)/b34-14-/t16-,24+,26?/m1/s1. The van der Waals surface area contributed by atoms with Gasteiger partial charge in [-0.05, 0) is 19.1 Å². The molecule has 3 aromatic rings. The molecule has 18 nitrogen and oxygen atoms in total. The summed E-state index contributed by atoms with van der Waals surface area (Å²) in [6.07, 6.45) is -1.87. The highest BCUT2D eigenvalue weighted by Crippen LogP contribution is 2.47. The maximum Gasteiger partial charge on any atom is 0.353 e. The van der Waals surface area contributed by atoms with Gasteiger partial charge in [0.1, 0.15) is 28.4 Å². The minimum absolute atomic E-state index is 0.0142. The number of rotatable bonds is 10. The number of nitrogens with one attached hydrogen (secondary N) is 1. The number of carbonyl (C=O) groups excluding carboxylic acids is 2. The van der Waals surface area contributed by atoms with Gasteiger partial charge < -0.3 is 47.8 Å². The molecule has 2 aliphatic heterocycles. The molecule has 47 heavy (non-hydrogen) atoms. The van der Waals surface area contributed by atoms with Gasteiger partial charge in [0.2, 0.25) is 6.10 Å². The average molecular weight is 702 g/mol. The molecule has 4 heterocycles. The first kappa shape index (κ1) is 32.8. The summed E-state index contributed by atoms with van der Waals surface area (Å²) < 4.78 is 0. The number of nitrogen functional groups attached to an aromatic ring is 3. The van der Waals surface area contributed by atoms with Crippen LogP contribution in [0.2, 0.25) is 0 Å². The normalized spacial score (nSPS) is 19.8. The van der Waals surface area contributed by atoms with Gasteiger partial charge in [-0.2, -0.15) is 0 Å². The number of benzene rings is 1. The topological polar surface area (TPSA) is 303 Å². The fraction of sp³-hybridized carbons (Fsp3) is 0.192. The van der Waals surface area contributed by atoms with Crippen molar-refractivity contribution in [2.75, 3.05) is 23.0 Å². The first-order valence-electron chi connectivity index (χ1n) is 13.0. The van der Waals surface area contributed by atoms with Crippen LogP contribution in [0.15, 0.2) is 34.4 Å². The molecule has 21 heteroatoms. The zero-order valence-electron chi connectivity index (χ0n) is 23.8. The number of phenols is 2. The molecule has 2 aliphatic rings. The van der Waals surface area contributed by atoms with Crippen LogP contribution in [0.1, 0.15) is 28.7 Å². The molecule has 0 spiro atoms. The van der Waals surface area contributed by atoms with E-state index in [9.17, 15) is 39.6 Å². The van der Waals surface area contributed by atoms with Crippen molar-refractivity contribution in [3.8, 4) is 11.5 Å². The van der Waals surface area contributed by atoms with E-state index in [0.29, 0.717) is 5.56 Å². The van der Waals surface area contributed by atoms with E-state index in [0.717, 1.165) is 51.6 Å². The number of thiazole rings is 1. The lowest BCUT2D eigenvalue weighted by atomic mass is 9.87. The molecule has 0 radical (unpaired) electrons. The van der Waals surface area contributed by atoms with Gasteiger partial charge in [-0.1, -0.05) is 23.4 Å². The summed E-state index contributed by atoms with van der Waals surface area (Å²) in [5.41, 5.74) is 14.7. The molecule has 0 aliphatic carbocycles. The Balaban J connectivity index is 1.49. The van der Waals surface area contributed by atoms with E-state index in [1.165, 1.54) is 5.38 Å². The van der Waals surface area contributed by atoms with Gasteiger partial charge in [-0.25, -0.2) is 24.5 Å². The zero-order valence-corrected chi connectivity index (χ0v) is 26.2. The van der Waals surface area contributed by atoms with Crippen molar-refractivity contribution in [3.63, 3.8) is 0 Å². The predicted molar refractivity (Wildman–Crippen MR) is 172 cm³/mol. The minimum atomic E-state index is -1.94. The molecule has 1 fully saturated rings. The first-order chi connectivity index (χ1) is 22.2. The van der Waals surface area contributed by atoms with Crippen molar-refractivity contribution in [2.24, 2.45) is 5.16 Å². The number of oxime groups is 1. The third-order valence-corrected chi connectivity index (χ3v) is 9.46. The Hall–Kier alpha value is -5.54. The van der Waals surface area contributed by atoms with E-state index in [4.69, 9.17) is 34.3 Å². The molecular formula is C26H23N9O9S3. The Bertz CT molecular complexity index is 1910. The maximum atomic E-state index is 13.7. The summed E-state index contributed by atoms with van der Waals surface area (Å²) in [6.45, 7) is 1.59. The van der Waals surface area contributed by atoms with E-state index in [2.05, 4.69) is 25.4 Å². The third kappa shape index (κ3) is 5.70. The zero-order chi connectivity index (χ0) is 34.4. The number of aromatic nitrogens is 3. The first-order valence-corrected chi connectivity index (χ1v) is 15.4. The number of fused-ring (bicyclic) bond motifs is 1. The summed E-state index contributed by atoms with van der Waals surface area (Å²) in [7, 11) is 0. The monoisotopic (exact) mass is 701 g/mol. The molecular weight excluding hydrogens is 679 g/mol. The number of anilines is 3. The lowest BCUT2D eigenvalue weighted by Gasteiger charge is -2.55. The number of phenolic OH excluding ortho intramolecular Hbond substituents is 2. The number of carboxylic acids is 2. The van der Waals surface area contributed by atoms with E-state index in [1.807, 2.05) is 0 Å². The number of carbonyl (C=O) groups is 4. The number of aliphatic carboxylic acids is 2. The number of aromatic hydroxyl groups is 2. The third-order valence-electron chi connectivity index (χ3n) is 7.06. The number of β-lactam (4-membered cyclic amide) rings is 1. The molecule has 1 unspecified atom stereocenters. The largest absolute Gasteiger partial charge is 0.504 e. The van der Waals surface area contributed by atoms with Crippen molar-refractivity contribution in [3.05, 3.63) is 51.9 Å². The lowest BCUT2D eigenvalue weighted by molar-refractivity contribution is -0.153. The summed E-state index contributed by atoms with van der Waals surface area (Å²) in [6, 6.07) is 3.11. The fourth-order valence-electron chi connectivity index (χ4n) is 4.60. The van der Waals surface area contributed by atoms with E-state index < -0.39 is 63.7 Å². The van der Waals surface area contributed by atoms with Crippen LogP contribution in [-0.2, 0) is 24.0 Å². The molecule has 2 amide bonds. The van der Waals surface area contributed by atoms with Crippen LogP contribution < -0.4 is 22.5 Å². The number of nitrogens with zero attached hydrogens (tertiary/aromatic N) is 5. The molecule has 11 N–H and O–H groups in total. The van der Waals surface area contributed by atoms with Gasteiger partial charge in [0.15, 0.2) is 33.7 Å². The molecule has 2 aromatic heterocycles. The van der Waals surface area contributed by atoms with Crippen molar-refractivity contribution in [1.82, 2.24) is 25.2 Å². The van der Waals surface area contributed by atoms with Crippen LogP contribution in [0.4, 0.5) is 16.8 Å². The number of nitrogens with two attached hydrogens (primary N) is 3. The van der Waals surface area contributed by atoms with E-state index >= 15 is 0 Å². The number of hydrogen-bond donors (Lipinski definition) is 8. The Labute approximate surface area is 276 Å². The Morgan fingerprint density at radius 1 is 1.17 bits per heavy atom. The minimum Gasteiger partial charge on any atom is -0.504 e. The van der Waals surface area contributed by atoms with Crippen molar-refractivity contribution in [1.29, 1.82) is 0 Å². The second-order valence-electron chi connectivity index (χ2n) is 9.94. The second kappa shape index (κ2) is 12.3. The van der Waals surface area contributed by atoms with Crippen LogP contribution >= 0.6 is 35.3 Å². The molecule has 1 aromatic carbocycles. The van der Waals surface area contributed by atoms with E-state index in [-0.39, 0.29) is 45.2 Å². The molecule has 1 saturated heterocycles. The van der Waals surface area contributed by atoms with Gasteiger partial charge in [-0.15, -0.1) is 23.1 Å². The molecule has 0 bridgehead atoms. The smallest absolute Gasteiger partial charge is 0.353 e. The second-order valence-corrected chi connectivity index (χ2v) is 12.1. The van der Waals surface area contributed by atoms with Crippen LogP contribution in [0.25, 0.3) is 5.57 Å². The van der Waals surface area contributed by atoms with Crippen molar-refractivity contribution >= 4 is 92.5 Å². The molecule has 0 saturated carbocycles. The SMILES string of the molecule is Cc1c(N)nc(C2=C(C(=O)O)N3C(=O)C(C=S)(NC(=O)/C(=N\O[C@@H](C(=O)O)c4ccc(O)c(O)c4)c4csc(N)n4)[C@@H]3SC2)nc1N. The summed E-state index contributed by atoms with van der Waals surface area (Å²) in [4.78, 5) is 70.3. The highest BCUT2D eigenvalue weighted by Gasteiger charge is 2.65. The highest BCUT2D eigenvalue weighted by molar-refractivity contribution is 8.00. The molecule has 244 valence electrons. The Morgan fingerprint density at radius 3 is 2.40 bits per heavy atom. The van der Waals surface area contributed by atoms with Gasteiger partial charge >= 0.3 is 11.9 Å². The van der Waals surface area contributed by atoms with Gasteiger partial charge in [-0.3, -0.25) is 14.5 Å². The van der Waals surface area contributed by atoms with Crippen molar-refractivity contribution < 1.29 is 44.4 Å². The van der Waals surface area contributed by atoms with Crippen LogP contribution in [0.3, 0.4) is 0 Å². The molecule has 3 atom stereocenters. The van der Waals surface area contributed by atoms with Crippen LogP contribution in [0.5, 0.6) is 11.5 Å². The fourth-order valence-corrected chi connectivity index (χ4v) is 6.95. The quantitative estimate of drug-likeness (QED) is 0.0460. The lowest BCUT2D eigenvalue weighted by Crippen LogP contribution is -2.80. The van der Waals surface area contributed by atoms with Gasteiger partial charge in [0.25, 0.3) is 11.8 Å². The number of carboxylic acid groups (broad SMARTS) is 2. The highest BCUT2D eigenvalue weighted by atomic mass is 32.2. The number of thioether (sulfide) groups is 1. The Kier molecular flexibility index (Phi) is 8.62. The van der Waals surface area contributed by atoms with E-state index in [1.54, 1.807) is 6.92 Å². The summed E-state index contributed by atoms with van der Waals surface area (Å²) >= 11 is 7.13. The van der Waals surface area contributed by atoms with Gasteiger partial charge in [0, 0.05) is 33.2 Å². The number of amides is 2. The van der Waals surface area contributed by atoms with Crippen LogP contribution in [-0.4, -0.2) is 91.8 Å². The predicted octanol–water partition coefficient (Wildman–Crippen LogP) is 0.212. The number of hydrogen-bond acceptors (Lipinski definition) is 17. The van der Waals surface area contributed by atoms with Crippen LogP contribution in [0, 0.1) is 6.92 Å². The number of thiocarbonyl (C=S) groups is 1. The maximum absolute atomic E-state index is 13.7. The average Bonchev–Trinajstić information content (AvgIpc) is 3.46.